The van der Waals surface area contributed by atoms with E-state index in [1.807, 2.05) is 13.0 Å². The molecule has 1 heteroatoms. The van der Waals surface area contributed by atoms with Gasteiger partial charge in [0.15, 0.2) is 5.78 Å². The zero-order valence-electron chi connectivity index (χ0n) is 5.77. The van der Waals surface area contributed by atoms with Crippen molar-refractivity contribution in [3.63, 3.8) is 0 Å². The van der Waals surface area contributed by atoms with Gasteiger partial charge in [-0.15, -0.1) is 0 Å². The Balaban J connectivity index is 2.84. The van der Waals surface area contributed by atoms with E-state index >= 15 is 0 Å². The molecule has 48 valence electrons. The molecular weight excluding hydrogens is 112 g/mol. The van der Waals surface area contributed by atoms with Crippen LogP contribution in [0.1, 0.15) is 20.3 Å². The van der Waals surface area contributed by atoms with Crippen molar-refractivity contribution in [2.75, 3.05) is 0 Å². The van der Waals surface area contributed by atoms with Gasteiger partial charge in [0.25, 0.3) is 0 Å². The van der Waals surface area contributed by atoms with Crippen LogP contribution in [0.2, 0.25) is 0 Å². The minimum absolute atomic E-state index is 0.182. The van der Waals surface area contributed by atoms with Crippen LogP contribution in [-0.4, -0.2) is 5.78 Å². The molecule has 0 unspecified atom stereocenters. The van der Waals surface area contributed by atoms with E-state index in [1.54, 1.807) is 6.92 Å². The Morgan fingerprint density at radius 2 is 2.22 bits per heavy atom. The molecule has 0 N–H and O–H groups in total. The third kappa shape index (κ3) is 1.10. The summed E-state index contributed by atoms with van der Waals surface area (Å²) in [4.78, 5) is 10.7. The van der Waals surface area contributed by atoms with Crippen molar-refractivity contribution >= 4 is 5.78 Å². The molecule has 0 saturated heterocycles. The number of hydrogen-bond donors (Lipinski definition) is 0. The van der Waals surface area contributed by atoms with E-state index in [1.165, 1.54) is 0 Å². The maximum atomic E-state index is 10.7. The second-order valence-corrected chi connectivity index (χ2v) is 2.30. The van der Waals surface area contributed by atoms with Crippen LogP contribution in [0.4, 0.5) is 0 Å². The third-order valence-corrected chi connectivity index (χ3v) is 1.55. The van der Waals surface area contributed by atoms with E-state index in [2.05, 4.69) is 6.08 Å². The van der Waals surface area contributed by atoms with Gasteiger partial charge in [-0.1, -0.05) is 12.2 Å². The zero-order chi connectivity index (χ0) is 6.85. The van der Waals surface area contributed by atoms with Crippen LogP contribution < -0.4 is 0 Å². The lowest BCUT2D eigenvalue weighted by molar-refractivity contribution is -0.113. The summed E-state index contributed by atoms with van der Waals surface area (Å²) < 4.78 is 0. The van der Waals surface area contributed by atoms with E-state index in [4.69, 9.17) is 0 Å². The van der Waals surface area contributed by atoms with Gasteiger partial charge in [-0.2, -0.15) is 0 Å². The lowest BCUT2D eigenvalue weighted by Gasteiger charge is -1.94. The predicted molar refractivity (Wildman–Crippen MR) is 37.1 cm³/mol. The second kappa shape index (κ2) is 2.18. The molecule has 0 amide bonds. The molecule has 9 heavy (non-hydrogen) atoms. The molecule has 0 aliphatic heterocycles. The summed E-state index contributed by atoms with van der Waals surface area (Å²) in [5.41, 5.74) is 2.03. The van der Waals surface area contributed by atoms with Crippen LogP contribution in [0.5, 0.6) is 0 Å². The molecule has 0 aromatic carbocycles. The molecule has 0 bridgehead atoms. The highest BCUT2D eigenvalue weighted by Crippen LogP contribution is 2.18. The lowest BCUT2D eigenvalue weighted by Crippen LogP contribution is -1.94. The fourth-order valence-corrected chi connectivity index (χ4v) is 1.05. The number of carbonyl (C=O) groups excluding carboxylic acids is 1. The number of ketones is 1. The van der Waals surface area contributed by atoms with Crippen molar-refractivity contribution < 1.29 is 4.79 Å². The highest BCUT2D eigenvalue weighted by atomic mass is 16.1. The van der Waals surface area contributed by atoms with Crippen molar-refractivity contribution in [3.05, 3.63) is 23.3 Å². The standard InChI is InChI=1S/C8H10O/c1-6-4-3-5-8(6)7(2)9/h4-5H,3H2,1-2H3. The Labute approximate surface area is 55.1 Å². The first-order valence-electron chi connectivity index (χ1n) is 3.10. The largest absolute Gasteiger partial charge is 0.295 e. The van der Waals surface area contributed by atoms with Gasteiger partial charge in [-0.05, 0) is 25.8 Å². The molecule has 0 atom stereocenters. The van der Waals surface area contributed by atoms with E-state index in [9.17, 15) is 4.79 Å². The van der Waals surface area contributed by atoms with Crippen LogP contribution in [0.15, 0.2) is 23.3 Å². The maximum absolute atomic E-state index is 10.7. The predicted octanol–water partition coefficient (Wildman–Crippen LogP) is 1.85. The second-order valence-electron chi connectivity index (χ2n) is 2.30. The van der Waals surface area contributed by atoms with Crippen LogP contribution in [0, 0.1) is 0 Å². The van der Waals surface area contributed by atoms with Crippen molar-refractivity contribution in [3.8, 4) is 0 Å². The quantitative estimate of drug-likeness (QED) is 0.518. The average molecular weight is 122 g/mol. The van der Waals surface area contributed by atoms with Gasteiger partial charge in [0.05, 0.1) is 0 Å². The lowest BCUT2D eigenvalue weighted by atomic mass is 10.1. The number of rotatable bonds is 1. The summed E-state index contributed by atoms with van der Waals surface area (Å²) in [7, 11) is 0. The Hall–Kier alpha value is -0.850. The number of allylic oxidation sites excluding steroid dienone is 4. The summed E-state index contributed by atoms with van der Waals surface area (Å²) in [6.45, 7) is 3.58. The third-order valence-electron chi connectivity index (χ3n) is 1.55. The summed E-state index contributed by atoms with van der Waals surface area (Å²) >= 11 is 0. The Bertz CT molecular complexity index is 197. The minimum atomic E-state index is 0.182. The van der Waals surface area contributed by atoms with Gasteiger partial charge in [0, 0.05) is 5.57 Å². The molecule has 0 aromatic rings. The molecule has 0 aromatic heterocycles. The topological polar surface area (TPSA) is 17.1 Å². The monoisotopic (exact) mass is 122 g/mol. The van der Waals surface area contributed by atoms with Gasteiger partial charge in [0.1, 0.15) is 0 Å². The summed E-state index contributed by atoms with van der Waals surface area (Å²) in [6.07, 6.45) is 4.97. The van der Waals surface area contributed by atoms with Crippen LogP contribution >= 0.6 is 0 Å². The molecule has 1 nitrogen and oxygen atoms in total. The first-order valence-corrected chi connectivity index (χ1v) is 3.10. The summed E-state index contributed by atoms with van der Waals surface area (Å²) in [5, 5.41) is 0. The van der Waals surface area contributed by atoms with Crippen LogP contribution in [0.25, 0.3) is 0 Å². The van der Waals surface area contributed by atoms with Crippen molar-refractivity contribution in [2.45, 2.75) is 20.3 Å². The first-order chi connectivity index (χ1) is 4.22. The van der Waals surface area contributed by atoms with Crippen LogP contribution in [0.3, 0.4) is 0 Å². The summed E-state index contributed by atoms with van der Waals surface area (Å²) in [6, 6.07) is 0. The smallest absolute Gasteiger partial charge is 0.159 e. The van der Waals surface area contributed by atoms with E-state index in [0.717, 1.165) is 17.6 Å². The molecule has 0 spiro atoms. The highest BCUT2D eigenvalue weighted by Gasteiger charge is 2.08. The minimum Gasteiger partial charge on any atom is -0.295 e. The summed E-state index contributed by atoms with van der Waals surface area (Å²) in [5.74, 6) is 0.182. The fourth-order valence-electron chi connectivity index (χ4n) is 1.05. The molecular formula is C8H10O. The van der Waals surface area contributed by atoms with Gasteiger partial charge in [-0.25, -0.2) is 0 Å². The normalized spacial score (nSPS) is 17.1. The molecule has 1 aliphatic carbocycles. The number of Topliss-reactive ketones (excluding diaryl/α,β-unsaturated/α-hetero) is 1. The molecule has 1 aliphatic rings. The average Bonchev–Trinajstić information content (AvgIpc) is 2.13. The van der Waals surface area contributed by atoms with Gasteiger partial charge in [0.2, 0.25) is 0 Å². The van der Waals surface area contributed by atoms with Crippen molar-refractivity contribution in [1.29, 1.82) is 0 Å². The Morgan fingerprint density at radius 1 is 1.56 bits per heavy atom. The van der Waals surface area contributed by atoms with E-state index in [-0.39, 0.29) is 5.78 Å². The molecule has 0 radical (unpaired) electrons. The Morgan fingerprint density at radius 3 is 2.44 bits per heavy atom. The molecule has 0 heterocycles. The van der Waals surface area contributed by atoms with Crippen molar-refractivity contribution in [2.24, 2.45) is 0 Å². The van der Waals surface area contributed by atoms with Crippen LogP contribution in [-0.2, 0) is 4.79 Å². The maximum Gasteiger partial charge on any atom is 0.159 e. The van der Waals surface area contributed by atoms with Gasteiger partial charge in [-0.3, -0.25) is 4.79 Å². The van der Waals surface area contributed by atoms with Gasteiger partial charge < -0.3 is 0 Å². The fraction of sp³-hybridized carbons (Fsp3) is 0.375. The highest BCUT2D eigenvalue weighted by molar-refractivity contribution is 5.98. The molecule has 1 rings (SSSR count). The van der Waals surface area contributed by atoms with Crippen molar-refractivity contribution in [1.82, 2.24) is 0 Å². The number of hydrogen-bond acceptors (Lipinski definition) is 1. The van der Waals surface area contributed by atoms with Gasteiger partial charge >= 0.3 is 0 Å². The first kappa shape index (κ1) is 6.27. The zero-order valence-corrected chi connectivity index (χ0v) is 5.77. The Kier molecular flexibility index (Phi) is 1.52. The SMILES string of the molecule is CC(=O)C1=CCC=C1C. The molecule has 0 saturated carbocycles. The van der Waals surface area contributed by atoms with E-state index < -0.39 is 0 Å². The van der Waals surface area contributed by atoms with E-state index in [0.29, 0.717) is 0 Å². The number of carbonyl (C=O) groups is 1. The molecule has 0 fully saturated rings.